The van der Waals surface area contributed by atoms with Gasteiger partial charge in [-0.2, -0.15) is 0 Å². The maximum absolute atomic E-state index is 11.3. The Balaban J connectivity index is 2.10. The van der Waals surface area contributed by atoms with Crippen LogP contribution in [0, 0.1) is 0 Å². The van der Waals surface area contributed by atoms with E-state index < -0.39 is 5.97 Å². The van der Waals surface area contributed by atoms with Crippen molar-refractivity contribution in [2.45, 2.75) is 37.8 Å². The normalized spacial score (nSPS) is 27.2. The summed E-state index contributed by atoms with van der Waals surface area (Å²) >= 11 is 0. The monoisotopic (exact) mass is 251 g/mol. The molecule has 3 rings (SSSR count). The van der Waals surface area contributed by atoms with E-state index in [1.807, 2.05) is 4.57 Å². The first-order valence-corrected chi connectivity index (χ1v) is 6.36. The van der Waals surface area contributed by atoms with Gasteiger partial charge in [0, 0.05) is 12.5 Å². The molecule has 0 aliphatic carbocycles. The summed E-state index contributed by atoms with van der Waals surface area (Å²) in [6.45, 7) is 1.33. The smallest absolute Gasteiger partial charge is 0.356 e. The number of nitrogens with two attached hydrogens (primary N) is 1. The van der Waals surface area contributed by atoms with E-state index in [2.05, 4.69) is 4.98 Å². The number of carboxylic acids is 1. The highest BCUT2D eigenvalue weighted by Gasteiger charge is 2.32. The second-order valence-corrected chi connectivity index (χ2v) is 4.96. The summed E-state index contributed by atoms with van der Waals surface area (Å²) in [5, 5.41) is 9.24. The number of fused-ring (bicyclic) bond motifs is 1. The molecule has 2 aliphatic rings. The van der Waals surface area contributed by atoms with E-state index in [9.17, 15) is 9.90 Å². The number of aromatic nitrogens is 2. The van der Waals surface area contributed by atoms with Crippen molar-refractivity contribution in [3.8, 4) is 0 Å². The molecule has 6 heteroatoms. The van der Waals surface area contributed by atoms with Crippen LogP contribution in [0.25, 0.3) is 0 Å². The molecular formula is C12H17N3O3. The van der Waals surface area contributed by atoms with Crippen molar-refractivity contribution in [3.63, 3.8) is 0 Å². The maximum atomic E-state index is 11.3. The van der Waals surface area contributed by atoms with E-state index in [4.69, 9.17) is 10.5 Å². The number of carbonyl (C=O) groups is 1. The van der Waals surface area contributed by atoms with Gasteiger partial charge in [-0.25, -0.2) is 9.78 Å². The topological polar surface area (TPSA) is 90.4 Å². The molecule has 0 spiro atoms. The van der Waals surface area contributed by atoms with Gasteiger partial charge in [0.15, 0.2) is 5.69 Å². The molecule has 0 amide bonds. The largest absolute Gasteiger partial charge is 0.476 e. The lowest BCUT2D eigenvalue weighted by molar-refractivity contribution is 0.0689. The first-order valence-electron chi connectivity index (χ1n) is 6.36. The Morgan fingerprint density at radius 3 is 3.00 bits per heavy atom. The van der Waals surface area contributed by atoms with E-state index in [0.29, 0.717) is 13.2 Å². The van der Waals surface area contributed by atoms with Gasteiger partial charge in [-0.1, -0.05) is 0 Å². The van der Waals surface area contributed by atoms with Crippen LogP contribution in [-0.2, 0) is 11.2 Å². The molecule has 3 N–H and O–H groups in total. The molecule has 98 valence electrons. The van der Waals surface area contributed by atoms with Crippen LogP contribution >= 0.6 is 0 Å². The van der Waals surface area contributed by atoms with Crippen LogP contribution in [0.3, 0.4) is 0 Å². The number of hydrogen-bond donors (Lipinski definition) is 2. The summed E-state index contributed by atoms with van der Waals surface area (Å²) in [4.78, 5) is 15.6. The summed E-state index contributed by atoms with van der Waals surface area (Å²) in [7, 11) is 0. The van der Waals surface area contributed by atoms with E-state index in [0.717, 1.165) is 37.2 Å². The minimum Gasteiger partial charge on any atom is -0.476 e. The van der Waals surface area contributed by atoms with Gasteiger partial charge in [-0.05, 0) is 25.7 Å². The van der Waals surface area contributed by atoms with Crippen molar-refractivity contribution >= 4 is 5.97 Å². The molecule has 6 nitrogen and oxygen atoms in total. The molecule has 3 heterocycles. The number of carboxylic acid groups (broad SMARTS) is 1. The van der Waals surface area contributed by atoms with Crippen molar-refractivity contribution < 1.29 is 14.6 Å². The van der Waals surface area contributed by atoms with Crippen LogP contribution < -0.4 is 5.73 Å². The Kier molecular flexibility index (Phi) is 2.83. The van der Waals surface area contributed by atoms with Gasteiger partial charge in [0.05, 0.1) is 18.5 Å². The standard InChI is InChI=1S/C12H17N3O3/c13-9-3-1-2-8-10(12(16)17)14-11(15(8)9)7-4-5-18-6-7/h7,9H,1-6,13H2,(H,16,17). The zero-order valence-corrected chi connectivity index (χ0v) is 10.1. The van der Waals surface area contributed by atoms with E-state index in [1.54, 1.807) is 0 Å². The second-order valence-electron chi connectivity index (χ2n) is 4.96. The Morgan fingerprint density at radius 1 is 1.50 bits per heavy atom. The molecule has 2 atom stereocenters. The number of nitrogens with zero attached hydrogens (tertiary/aromatic N) is 2. The third-order valence-electron chi connectivity index (χ3n) is 3.78. The predicted molar refractivity (Wildman–Crippen MR) is 63.5 cm³/mol. The number of ether oxygens (including phenoxy) is 1. The van der Waals surface area contributed by atoms with E-state index in [1.165, 1.54) is 0 Å². The average molecular weight is 251 g/mol. The van der Waals surface area contributed by atoms with Crippen molar-refractivity contribution in [2.24, 2.45) is 5.73 Å². The molecule has 2 unspecified atom stereocenters. The third-order valence-corrected chi connectivity index (χ3v) is 3.78. The molecule has 0 saturated carbocycles. The number of imidazole rings is 1. The SMILES string of the molecule is NC1CCCc2c(C(=O)O)nc(C3CCOC3)n21. The fourth-order valence-corrected chi connectivity index (χ4v) is 2.90. The van der Waals surface area contributed by atoms with Crippen LogP contribution in [0.2, 0.25) is 0 Å². The lowest BCUT2D eigenvalue weighted by Crippen LogP contribution is -2.27. The first kappa shape index (κ1) is 11.7. The van der Waals surface area contributed by atoms with Crippen molar-refractivity contribution in [2.75, 3.05) is 13.2 Å². The van der Waals surface area contributed by atoms with E-state index in [-0.39, 0.29) is 17.8 Å². The van der Waals surface area contributed by atoms with Gasteiger partial charge in [0.25, 0.3) is 0 Å². The molecule has 2 aliphatic heterocycles. The minimum absolute atomic E-state index is 0.148. The average Bonchev–Trinajstić information content (AvgIpc) is 2.95. The highest BCUT2D eigenvalue weighted by molar-refractivity contribution is 5.87. The molecule has 1 aromatic rings. The maximum Gasteiger partial charge on any atom is 0.356 e. The van der Waals surface area contributed by atoms with Gasteiger partial charge in [-0.15, -0.1) is 0 Å². The fraction of sp³-hybridized carbons (Fsp3) is 0.667. The molecular weight excluding hydrogens is 234 g/mol. The lowest BCUT2D eigenvalue weighted by Gasteiger charge is -2.25. The summed E-state index contributed by atoms with van der Waals surface area (Å²) in [6, 6.07) is 0. The van der Waals surface area contributed by atoms with Crippen LogP contribution in [0.1, 0.15) is 53.4 Å². The molecule has 0 radical (unpaired) electrons. The summed E-state index contributed by atoms with van der Waals surface area (Å²) in [5.74, 6) is 0.0196. The zero-order chi connectivity index (χ0) is 12.7. The highest BCUT2D eigenvalue weighted by Crippen LogP contribution is 2.32. The third kappa shape index (κ3) is 1.72. The number of rotatable bonds is 2. The van der Waals surface area contributed by atoms with Crippen LogP contribution in [0.15, 0.2) is 0 Å². The van der Waals surface area contributed by atoms with Gasteiger partial charge < -0.3 is 20.1 Å². The van der Waals surface area contributed by atoms with Gasteiger partial charge in [0.2, 0.25) is 0 Å². The van der Waals surface area contributed by atoms with Crippen LogP contribution in [-0.4, -0.2) is 33.8 Å². The van der Waals surface area contributed by atoms with Crippen molar-refractivity contribution in [1.29, 1.82) is 0 Å². The molecule has 0 aromatic carbocycles. The summed E-state index contributed by atoms with van der Waals surface area (Å²) in [5.41, 5.74) is 7.07. The molecule has 1 saturated heterocycles. The van der Waals surface area contributed by atoms with Crippen LogP contribution in [0.5, 0.6) is 0 Å². The van der Waals surface area contributed by atoms with Crippen LogP contribution in [0.4, 0.5) is 0 Å². The predicted octanol–water partition coefficient (Wildman–Crippen LogP) is 0.879. The van der Waals surface area contributed by atoms with Gasteiger partial charge >= 0.3 is 5.97 Å². The highest BCUT2D eigenvalue weighted by atomic mass is 16.5. The quantitative estimate of drug-likeness (QED) is 0.814. The minimum atomic E-state index is -0.960. The molecule has 18 heavy (non-hydrogen) atoms. The fourth-order valence-electron chi connectivity index (χ4n) is 2.90. The second kappa shape index (κ2) is 4.37. The zero-order valence-electron chi connectivity index (χ0n) is 10.1. The Hall–Kier alpha value is -1.40. The Labute approximate surface area is 105 Å². The van der Waals surface area contributed by atoms with E-state index >= 15 is 0 Å². The number of hydrogen-bond acceptors (Lipinski definition) is 4. The summed E-state index contributed by atoms with van der Waals surface area (Å²) in [6.07, 6.45) is 3.29. The lowest BCUT2D eigenvalue weighted by atomic mass is 10.0. The van der Waals surface area contributed by atoms with Gasteiger partial charge in [-0.3, -0.25) is 0 Å². The summed E-state index contributed by atoms with van der Waals surface area (Å²) < 4.78 is 7.30. The van der Waals surface area contributed by atoms with Crippen molar-refractivity contribution in [1.82, 2.24) is 9.55 Å². The Bertz CT molecular complexity index is 477. The molecule has 1 fully saturated rings. The molecule has 1 aromatic heterocycles. The Morgan fingerprint density at radius 2 is 2.33 bits per heavy atom. The number of aromatic carboxylic acids is 1. The molecule has 0 bridgehead atoms. The van der Waals surface area contributed by atoms with Gasteiger partial charge in [0.1, 0.15) is 5.82 Å². The van der Waals surface area contributed by atoms with Crippen molar-refractivity contribution in [3.05, 3.63) is 17.2 Å². The first-order chi connectivity index (χ1) is 8.68.